The fourth-order valence-electron chi connectivity index (χ4n) is 3.01. The number of carbonyl (C=O) groups excluding carboxylic acids is 1. The van der Waals surface area contributed by atoms with Crippen LogP contribution in [0.3, 0.4) is 0 Å². The van der Waals surface area contributed by atoms with Crippen LogP contribution in [0.1, 0.15) is 29.8 Å². The number of ether oxygens (including phenoxy) is 2. The summed E-state index contributed by atoms with van der Waals surface area (Å²) in [5, 5.41) is 10.8. The zero-order valence-electron chi connectivity index (χ0n) is 15.2. The van der Waals surface area contributed by atoms with Gasteiger partial charge in [-0.2, -0.15) is 0 Å². The molecular formula is C18H20N6O3. The Kier molecular flexibility index (Phi) is 4.49. The van der Waals surface area contributed by atoms with Crippen molar-refractivity contribution in [3.05, 3.63) is 30.2 Å². The van der Waals surface area contributed by atoms with Crippen LogP contribution in [-0.4, -0.2) is 46.1 Å². The van der Waals surface area contributed by atoms with Crippen molar-refractivity contribution in [2.24, 2.45) is 0 Å². The normalized spacial score (nSPS) is 14.4. The van der Waals surface area contributed by atoms with Crippen molar-refractivity contribution in [2.45, 2.75) is 19.3 Å². The zero-order chi connectivity index (χ0) is 18.8. The minimum atomic E-state index is 0.00373. The molecule has 0 saturated heterocycles. The highest BCUT2D eigenvalue weighted by atomic mass is 16.5. The predicted molar refractivity (Wildman–Crippen MR) is 100 cm³/mol. The van der Waals surface area contributed by atoms with E-state index in [1.54, 1.807) is 31.1 Å². The second kappa shape index (κ2) is 7.10. The molecule has 9 heteroatoms. The van der Waals surface area contributed by atoms with E-state index < -0.39 is 0 Å². The number of nitrogens with one attached hydrogen (secondary N) is 2. The molecule has 0 unspecified atom stereocenters. The van der Waals surface area contributed by atoms with E-state index in [-0.39, 0.29) is 5.78 Å². The topological polar surface area (TPSA) is 103 Å². The summed E-state index contributed by atoms with van der Waals surface area (Å²) in [5.41, 5.74) is 2.43. The van der Waals surface area contributed by atoms with E-state index >= 15 is 0 Å². The van der Waals surface area contributed by atoms with Crippen LogP contribution in [0.15, 0.2) is 24.5 Å². The van der Waals surface area contributed by atoms with Crippen LogP contribution in [0.2, 0.25) is 0 Å². The van der Waals surface area contributed by atoms with Gasteiger partial charge >= 0.3 is 0 Å². The highest BCUT2D eigenvalue weighted by Gasteiger charge is 2.18. The molecule has 1 aliphatic heterocycles. The molecule has 1 aliphatic rings. The first kappa shape index (κ1) is 17.1. The Balaban J connectivity index is 1.87. The smallest absolute Gasteiger partial charge is 0.237 e. The lowest BCUT2D eigenvalue weighted by atomic mass is 10.1. The maximum Gasteiger partial charge on any atom is 0.237 e. The number of ketones is 1. The number of hydrogen-bond donors (Lipinski definition) is 2. The molecule has 2 N–H and O–H groups in total. The van der Waals surface area contributed by atoms with Crippen LogP contribution < -0.4 is 20.1 Å². The summed E-state index contributed by atoms with van der Waals surface area (Å²) in [6, 6.07) is 3.64. The maximum absolute atomic E-state index is 12.6. The van der Waals surface area contributed by atoms with Crippen molar-refractivity contribution >= 4 is 28.6 Å². The third-order valence-corrected chi connectivity index (χ3v) is 4.37. The fraction of sp³-hybridized carbons (Fsp3) is 0.333. The predicted octanol–water partition coefficient (Wildman–Crippen LogP) is 2.66. The van der Waals surface area contributed by atoms with Gasteiger partial charge in [-0.1, -0.05) is 0 Å². The molecule has 0 saturated carbocycles. The average molecular weight is 368 g/mol. The SMILES string of the molecule is CNc1cc2nn3c(cnc13)C(=O)CCCCOc1cnc(OC)c(c1)N2. The summed E-state index contributed by atoms with van der Waals surface area (Å²) in [4.78, 5) is 21.3. The Morgan fingerprint density at radius 1 is 1.26 bits per heavy atom. The van der Waals surface area contributed by atoms with E-state index in [2.05, 4.69) is 25.7 Å². The Morgan fingerprint density at radius 3 is 2.96 bits per heavy atom. The van der Waals surface area contributed by atoms with E-state index in [1.165, 1.54) is 0 Å². The third kappa shape index (κ3) is 3.23. The summed E-state index contributed by atoms with van der Waals surface area (Å²) >= 11 is 0. The molecule has 3 aromatic rings. The minimum absolute atomic E-state index is 0.00373. The number of imidazole rings is 1. The molecule has 0 spiro atoms. The molecule has 4 bridgehead atoms. The fourth-order valence-corrected chi connectivity index (χ4v) is 3.01. The van der Waals surface area contributed by atoms with Gasteiger partial charge in [0.25, 0.3) is 0 Å². The highest BCUT2D eigenvalue weighted by molar-refractivity contribution is 5.95. The third-order valence-electron chi connectivity index (χ3n) is 4.37. The van der Waals surface area contributed by atoms with Gasteiger partial charge in [-0.25, -0.2) is 14.5 Å². The number of anilines is 3. The molecule has 0 fully saturated rings. The number of fused-ring (bicyclic) bond motifs is 3. The van der Waals surface area contributed by atoms with Crippen molar-refractivity contribution in [1.29, 1.82) is 0 Å². The van der Waals surface area contributed by atoms with Crippen LogP contribution in [0.5, 0.6) is 11.6 Å². The van der Waals surface area contributed by atoms with Crippen LogP contribution in [0, 0.1) is 0 Å². The number of Topliss-reactive ketones (excluding diaryl/α,β-unsaturated/α-hetero) is 1. The lowest BCUT2D eigenvalue weighted by Gasteiger charge is -2.14. The Hall–Kier alpha value is -3.36. The molecule has 140 valence electrons. The lowest BCUT2D eigenvalue weighted by molar-refractivity contribution is 0.0971. The zero-order valence-corrected chi connectivity index (χ0v) is 15.2. The molecule has 9 nitrogen and oxygen atoms in total. The first-order chi connectivity index (χ1) is 13.2. The quantitative estimate of drug-likeness (QED) is 0.712. The summed E-state index contributed by atoms with van der Waals surface area (Å²) in [5.74, 6) is 1.57. The molecule has 3 aromatic heterocycles. The molecule has 0 radical (unpaired) electrons. The van der Waals surface area contributed by atoms with Gasteiger partial charge in [0.15, 0.2) is 17.2 Å². The first-order valence-corrected chi connectivity index (χ1v) is 8.73. The monoisotopic (exact) mass is 368 g/mol. The van der Waals surface area contributed by atoms with Crippen molar-refractivity contribution in [3.8, 4) is 11.6 Å². The van der Waals surface area contributed by atoms with Gasteiger partial charge in [0.1, 0.15) is 17.1 Å². The molecule has 0 aromatic carbocycles. The summed E-state index contributed by atoms with van der Waals surface area (Å²) in [7, 11) is 3.35. The Labute approximate surface area is 155 Å². The molecular weight excluding hydrogens is 348 g/mol. The molecule has 0 atom stereocenters. The van der Waals surface area contributed by atoms with Crippen LogP contribution in [0.25, 0.3) is 5.65 Å². The van der Waals surface area contributed by atoms with E-state index in [1.807, 2.05) is 12.1 Å². The van der Waals surface area contributed by atoms with E-state index in [0.717, 1.165) is 18.5 Å². The average Bonchev–Trinajstić information content (AvgIpc) is 3.10. The summed E-state index contributed by atoms with van der Waals surface area (Å²) in [6.45, 7) is 0.510. The van der Waals surface area contributed by atoms with Gasteiger partial charge in [-0.3, -0.25) is 4.79 Å². The van der Waals surface area contributed by atoms with Crippen molar-refractivity contribution in [2.75, 3.05) is 31.4 Å². The van der Waals surface area contributed by atoms with Gasteiger partial charge in [0.05, 0.1) is 31.8 Å². The van der Waals surface area contributed by atoms with Crippen LogP contribution in [0.4, 0.5) is 17.2 Å². The summed E-state index contributed by atoms with van der Waals surface area (Å²) in [6.07, 6.45) is 5.08. The van der Waals surface area contributed by atoms with Crippen LogP contribution in [-0.2, 0) is 0 Å². The second-order valence-corrected chi connectivity index (χ2v) is 6.15. The number of methoxy groups -OCH3 is 1. The number of pyridine rings is 1. The second-order valence-electron chi connectivity index (χ2n) is 6.15. The maximum atomic E-state index is 12.6. The molecule has 0 amide bonds. The van der Waals surface area contributed by atoms with E-state index in [9.17, 15) is 4.79 Å². The number of rotatable bonds is 2. The molecule has 0 aliphatic carbocycles. The van der Waals surface area contributed by atoms with Crippen LogP contribution >= 0.6 is 0 Å². The van der Waals surface area contributed by atoms with Crippen molar-refractivity contribution in [1.82, 2.24) is 19.6 Å². The van der Waals surface area contributed by atoms with Crippen molar-refractivity contribution in [3.63, 3.8) is 0 Å². The van der Waals surface area contributed by atoms with E-state index in [0.29, 0.717) is 47.5 Å². The molecule has 27 heavy (non-hydrogen) atoms. The largest absolute Gasteiger partial charge is 0.492 e. The lowest BCUT2D eigenvalue weighted by Crippen LogP contribution is -2.10. The molecule has 4 heterocycles. The standard InChI is InChI=1S/C18H20N6O3/c1-19-12-8-16-22-13-7-11(9-21-18(13)26-2)27-6-4-3-5-15(25)14-10-20-17(12)24(14)23-16/h7-10,19H,3-6H2,1-2H3,(H,22,23). The number of hydrogen-bond acceptors (Lipinski definition) is 8. The first-order valence-electron chi connectivity index (χ1n) is 8.73. The van der Waals surface area contributed by atoms with E-state index in [4.69, 9.17) is 9.47 Å². The van der Waals surface area contributed by atoms with Gasteiger partial charge in [0.2, 0.25) is 5.88 Å². The Morgan fingerprint density at radius 2 is 2.15 bits per heavy atom. The van der Waals surface area contributed by atoms with Gasteiger partial charge in [-0.15, -0.1) is 5.10 Å². The van der Waals surface area contributed by atoms with Gasteiger partial charge < -0.3 is 20.1 Å². The Bertz CT molecular complexity index is 1000. The number of nitrogens with zero attached hydrogens (tertiary/aromatic N) is 4. The van der Waals surface area contributed by atoms with Gasteiger partial charge in [0, 0.05) is 25.6 Å². The van der Waals surface area contributed by atoms with Crippen molar-refractivity contribution < 1.29 is 14.3 Å². The molecule has 4 rings (SSSR count). The minimum Gasteiger partial charge on any atom is -0.492 e. The summed E-state index contributed by atoms with van der Waals surface area (Å²) < 4.78 is 12.7. The number of aromatic nitrogens is 4. The van der Waals surface area contributed by atoms with Gasteiger partial charge in [-0.05, 0) is 12.8 Å². The highest BCUT2D eigenvalue weighted by Crippen LogP contribution is 2.30. The number of carbonyl (C=O) groups is 1.